The smallest absolute Gasteiger partial charge is 0.318 e. The summed E-state index contributed by atoms with van der Waals surface area (Å²) in [4.78, 5) is 10.7. The number of nitrogens with two attached hydrogens (primary N) is 1. The molecule has 1 saturated heterocycles. The fourth-order valence-corrected chi connectivity index (χ4v) is 2.62. The monoisotopic (exact) mass is 332 g/mol. The Labute approximate surface area is 141 Å². The number of rotatable bonds is 4. The molecule has 1 aliphatic heterocycles. The molecule has 7 heteroatoms. The van der Waals surface area contributed by atoms with Gasteiger partial charge in [-0.25, -0.2) is 0 Å². The first kappa shape index (κ1) is 16.7. The highest BCUT2D eigenvalue weighted by Crippen LogP contribution is 2.26. The van der Waals surface area contributed by atoms with Crippen LogP contribution in [0.2, 0.25) is 0 Å². The van der Waals surface area contributed by atoms with Gasteiger partial charge in [0, 0.05) is 23.5 Å². The lowest BCUT2D eigenvalue weighted by Crippen LogP contribution is -2.55. The van der Waals surface area contributed by atoms with Gasteiger partial charge in [-0.15, -0.1) is 0 Å². The molecule has 0 radical (unpaired) electrons. The molecule has 2 N–H and O–H groups in total. The maximum Gasteiger partial charge on any atom is 0.318 e. The molecular formula is C17H24N4O3. The number of nitrogens with zero attached hydrogens (tertiary/aromatic N) is 3. The van der Waals surface area contributed by atoms with Gasteiger partial charge in [0.25, 0.3) is 0 Å². The van der Waals surface area contributed by atoms with Crippen LogP contribution >= 0.6 is 0 Å². The third-order valence-electron chi connectivity index (χ3n) is 4.48. The average molecular weight is 332 g/mol. The predicted molar refractivity (Wildman–Crippen MR) is 92.4 cm³/mol. The number of methoxy groups -OCH3 is 1. The van der Waals surface area contributed by atoms with Gasteiger partial charge < -0.3 is 19.9 Å². The fourth-order valence-electron chi connectivity index (χ4n) is 2.62. The SMILES string of the molecule is COc1nc(N)c2ccc(OCC3CN(C)C(C)(C)CO3)cc2n1. The summed E-state index contributed by atoms with van der Waals surface area (Å²) in [7, 11) is 3.62. The van der Waals surface area contributed by atoms with E-state index >= 15 is 0 Å². The summed E-state index contributed by atoms with van der Waals surface area (Å²) in [6.45, 7) is 6.36. The van der Waals surface area contributed by atoms with Crippen LogP contribution in [0.15, 0.2) is 18.2 Å². The van der Waals surface area contributed by atoms with Crippen LogP contribution in [0.1, 0.15) is 13.8 Å². The van der Waals surface area contributed by atoms with Crippen molar-refractivity contribution in [3.05, 3.63) is 18.2 Å². The number of hydrogen-bond donors (Lipinski definition) is 1. The van der Waals surface area contributed by atoms with Crippen LogP contribution in [0.25, 0.3) is 10.9 Å². The van der Waals surface area contributed by atoms with E-state index in [2.05, 4.69) is 35.8 Å². The van der Waals surface area contributed by atoms with E-state index in [1.165, 1.54) is 7.11 Å². The summed E-state index contributed by atoms with van der Waals surface area (Å²) in [6.07, 6.45) is 0.0451. The van der Waals surface area contributed by atoms with Crippen LogP contribution in [0.3, 0.4) is 0 Å². The van der Waals surface area contributed by atoms with Crippen LogP contribution in [0.5, 0.6) is 11.8 Å². The van der Waals surface area contributed by atoms with Crippen molar-refractivity contribution in [2.45, 2.75) is 25.5 Å². The number of benzene rings is 1. The van der Waals surface area contributed by atoms with E-state index in [0.29, 0.717) is 24.5 Å². The summed E-state index contributed by atoms with van der Waals surface area (Å²) in [6, 6.07) is 5.81. The first-order chi connectivity index (χ1) is 11.4. The third-order valence-corrected chi connectivity index (χ3v) is 4.48. The lowest BCUT2D eigenvalue weighted by atomic mass is 10.0. The van der Waals surface area contributed by atoms with Gasteiger partial charge in [0.2, 0.25) is 0 Å². The first-order valence-electron chi connectivity index (χ1n) is 7.96. The maximum absolute atomic E-state index is 5.92. The Morgan fingerprint density at radius 2 is 2.17 bits per heavy atom. The Balaban J connectivity index is 1.70. The third kappa shape index (κ3) is 3.37. The van der Waals surface area contributed by atoms with Crippen molar-refractivity contribution in [1.29, 1.82) is 0 Å². The Hall–Kier alpha value is -2.12. The summed E-state index contributed by atoms with van der Waals surface area (Å²) >= 11 is 0. The summed E-state index contributed by atoms with van der Waals surface area (Å²) < 4.78 is 16.8. The van der Waals surface area contributed by atoms with E-state index in [-0.39, 0.29) is 17.7 Å². The number of hydrogen-bond acceptors (Lipinski definition) is 7. The van der Waals surface area contributed by atoms with Crippen LogP contribution in [-0.2, 0) is 4.74 Å². The molecule has 0 aliphatic carbocycles. The van der Waals surface area contributed by atoms with Gasteiger partial charge in [0.05, 0.1) is 19.2 Å². The van der Waals surface area contributed by atoms with Gasteiger partial charge in [-0.2, -0.15) is 9.97 Å². The van der Waals surface area contributed by atoms with E-state index in [4.69, 9.17) is 19.9 Å². The Morgan fingerprint density at radius 3 is 2.88 bits per heavy atom. The minimum absolute atomic E-state index is 0.0451. The lowest BCUT2D eigenvalue weighted by Gasteiger charge is -2.43. The zero-order chi connectivity index (χ0) is 17.3. The van der Waals surface area contributed by atoms with E-state index in [0.717, 1.165) is 17.7 Å². The van der Waals surface area contributed by atoms with Gasteiger partial charge in [-0.3, -0.25) is 4.90 Å². The molecule has 1 aromatic carbocycles. The Morgan fingerprint density at radius 1 is 1.38 bits per heavy atom. The second kappa shape index (κ2) is 6.41. The summed E-state index contributed by atoms with van der Waals surface area (Å²) in [5.74, 6) is 1.11. The number of nitrogen functional groups attached to an aromatic ring is 1. The number of morpholine rings is 1. The molecule has 0 spiro atoms. The molecule has 1 atom stereocenters. The van der Waals surface area contributed by atoms with Crippen LogP contribution in [-0.4, -0.2) is 60.4 Å². The molecule has 3 rings (SSSR count). The summed E-state index contributed by atoms with van der Waals surface area (Å²) in [5.41, 5.74) is 6.67. The van der Waals surface area contributed by atoms with Crippen molar-refractivity contribution in [2.24, 2.45) is 0 Å². The second-order valence-corrected chi connectivity index (χ2v) is 6.71. The molecule has 24 heavy (non-hydrogen) atoms. The Bertz CT molecular complexity index is 735. The van der Waals surface area contributed by atoms with Gasteiger partial charge in [-0.05, 0) is 33.0 Å². The van der Waals surface area contributed by atoms with E-state index < -0.39 is 0 Å². The van der Waals surface area contributed by atoms with Crippen LogP contribution in [0, 0.1) is 0 Å². The Kier molecular flexibility index (Phi) is 4.47. The van der Waals surface area contributed by atoms with Gasteiger partial charge in [0.1, 0.15) is 24.3 Å². The zero-order valence-corrected chi connectivity index (χ0v) is 14.6. The second-order valence-electron chi connectivity index (χ2n) is 6.71. The molecule has 1 aliphatic rings. The normalized spacial score (nSPS) is 20.9. The number of fused-ring (bicyclic) bond motifs is 1. The van der Waals surface area contributed by atoms with Crippen molar-refractivity contribution in [2.75, 3.05) is 39.6 Å². The molecule has 1 aromatic heterocycles. The number of ether oxygens (including phenoxy) is 3. The van der Waals surface area contributed by atoms with Crippen molar-refractivity contribution in [3.63, 3.8) is 0 Å². The molecule has 7 nitrogen and oxygen atoms in total. The van der Waals surface area contributed by atoms with E-state index in [1.54, 1.807) is 0 Å². The standard InChI is InChI=1S/C17H24N4O3/c1-17(2)10-24-12(8-21(17)3)9-23-11-5-6-13-14(7-11)19-16(22-4)20-15(13)18/h5-7,12H,8-10H2,1-4H3,(H2,18,19,20). The number of likely N-dealkylation sites (N-methyl/N-ethyl adjacent to an activating group) is 1. The van der Waals surface area contributed by atoms with Gasteiger partial charge >= 0.3 is 6.01 Å². The van der Waals surface area contributed by atoms with Crippen LogP contribution < -0.4 is 15.2 Å². The van der Waals surface area contributed by atoms with Crippen molar-refractivity contribution in [3.8, 4) is 11.8 Å². The highest BCUT2D eigenvalue weighted by Gasteiger charge is 2.32. The molecule has 2 aromatic rings. The van der Waals surface area contributed by atoms with Crippen molar-refractivity contribution < 1.29 is 14.2 Å². The lowest BCUT2D eigenvalue weighted by molar-refractivity contribution is -0.100. The molecule has 130 valence electrons. The highest BCUT2D eigenvalue weighted by molar-refractivity contribution is 5.89. The highest BCUT2D eigenvalue weighted by atomic mass is 16.5. The molecule has 0 bridgehead atoms. The minimum Gasteiger partial charge on any atom is -0.491 e. The number of anilines is 1. The molecular weight excluding hydrogens is 308 g/mol. The molecule has 2 heterocycles. The number of aromatic nitrogens is 2. The van der Waals surface area contributed by atoms with Gasteiger partial charge in [0.15, 0.2) is 0 Å². The molecule has 0 amide bonds. The van der Waals surface area contributed by atoms with Crippen LogP contribution in [0.4, 0.5) is 5.82 Å². The largest absolute Gasteiger partial charge is 0.491 e. The zero-order valence-electron chi connectivity index (χ0n) is 14.6. The van der Waals surface area contributed by atoms with Gasteiger partial charge in [-0.1, -0.05) is 0 Å². The first-order valence-corrected chi connectivity index (χ1v) is 7.96. The molecule has 0 saturated carbocycles. The molecule has 1 unspecified atom stereocenters. The van der Waals surface area contributed by atoms with Crippen molar-refractivity contribution >= 4 is 16.7 Å². The molecule has 1 fully saturated rings. The fraction of sp³-hybridized carbons (Fsp3) is 0.529. The van der Waals surface area contributed by atoms with Crippen molar-refractivity contribution in [1.82, 2.24) is 14.9 Å². The quantitative estimate of drug-likeness (QED) is 0.912. The van der Waals surface area contributed by atoms with E-state index in [1.807, 2.05) is 18.2 Å². The summed E-state index contributed by atoms with van der Waals surface area (Å²) in [5, 5.41) is 0.776. The van der Waals surface area contributed by atoms with E-state index in [9.17, 15) is 0 Å². The average Bonchev–Trinajstić information content (AvgIpc) is 2.55. The minimum atomic E-state index is 0.0451. The predicted octanol–water partition coefficient (Wildman–Crippen LogP) is 1.71. The topological polar surface area (TPSA) is 82.7 Å². The maximum atomic E-state index is 5.92.